The van der Waals surface area contributed by atoms with Gasteiger partial charge in [-0.1, -0.05) is 52.3 Å². The molecule has 0 aromatic heterocycles. The van der Waals surface area contributed by atoms with Gasteiger partial charge in [-0.25, -0.2) is 0 Å². The van der Waals surface area contributed by atoms with Gasteiger partial charge in [0.05, 0.1) is 5.69 Å². The Kier molecular flexibility index (Phi) is 4.08. The van der Waals surface area contributed by atoms with Crippen LogP contribution in [0.4, 0.5) is 5.69 Å². The van der Waals surface area contributed by atoms with Gasteiger partial charge in [-0.3, -0.25) is 4.79 Å². The van der Waals surface area contributed by atoms with Crippen LogP contribution in [0.25, 0.3) is 0 Å². The number of benzene rings is 2. The van der Waals surface area contributed by atoms with Gasteiger partial charge >= 0.3 is 0 Å². The highest BCUT2D eigenvalue weighted by Crippen LogP contribution is 2.36. The van der Waals surface area contributed by atoms with E-state index in [1.807, 2.05) is 41.3 Å². The predicted octanol–water partition coefficient (Wildman–Crippen LogP) is 3.43. The van der Waals surface area contributed by atoms with Crippen molar-refractivity contribution in [2.75, 3.05) is 11.4 Å². The molecule has 2 aromatic rings. The smallest absolute Gasteiger partial charge is 0.248 e. The Morgan fingerprint density at radius 2 is 1.90 bits per heavy atom. The summed E-state index contributed by atoms with van der Waals surface area (Å²) in [6.45, 7) is 0.699. The zero-order chi connectivity index (χ0) is 14.8. The first-order valence-electron chi connectivity index (χ1n) is 7.07. The highest BCUT2D eigenvalue weighted by Gasteiger charge is 2.34. The number of nitrogens with zero attached hydrogens (tertiary/aromatic N) is 1. The van der Waals surface area contributed by atoms with E-state index in [9.17, 15) is 4.79 Å². The number of carbonyl (C=O) groups is 1. The van der Waals surface area contributed by atoms with Crippen molar-refractivity contribution in [3.05, 3.63) is 64.1 Å². The molecule has 0 saturated carbocycles. The van der Waals surface area contributed by atoms with E-state index in [0.29, 0.717) is 6.54 Å². The monoisotopic (exact) mass is 344 g/mol. The van der Waals surface area contributed by atoms with Crippen LogP contribution in [0.3, 0.4) is 0 Å². The van der Waals surface area contributed by atoms with Crippen LogP contribution in [0, 0.1) is 0 Å². The Hall–Kier alpha value is -1.65. The molecule has 0 bridgehead atoms. The molecule has 0 saturated heterocycles. The fourth-order valence-electron chi connectivity index (χ4n) is 2.75. The second-order valence-electron chi connectivity index (χ2n) is 5.26. The van der Waals surface area contributed by atoms with Gasteiger partial charge in [-0.2, -0.15) is 0 Å². The molecule has 1 atom stereocenters. The van der Waals surface area contributed by atoms with Gasteiger partial charge in [0.25, 0.3) is 0 Å². The maximum absolute atomic E-state index is 12.3. The third kappa shape index (κ3) is 2.87. The zero-order valence-corrected chi connectivity index (χ0v) is 13.2. The number of hydrogen-bond acceptors (Lipinski definition) is 2. The van der Waals surface area contributed by atoms with Crippen LogP contribution in [0.5, 0.6) is 0 Å². The molecule has 0 radical (unpaired) electrons. The van der Waals surface area contributed by atoms with Crippen LogP contribution in [0.2, 0.25) is 0 Å². The van der Waals surface area contributed by atoms with E-state index in [0.717, 1.165) is 28.6 Å². The Morgan fingerprint density at radius 3 is 2.67 bits per heavy atom. The van der Waals surface area contributed by atoms with Gasteiger partial charge in [-0.15, -0.1) is 0 Å². The summed E-state index contributed by atoms with van der Waals surface area (Å²) in [5.74, 6) is -0.00355. The minimum absolute atomic E-state index is 0.00355. The number of carbonyl (C=O) groups excluding carboxylic acids is 1. The Morgan fingerprint density at radius 1 is 1.14 bits per heavy atom. The highest BCUT2D eigenvalue weighted by atomic mass is 79.9. The van der Waals surface area contributed by atoms with Gasteiger partial charge in [0.2, 0.25) is 5.91 Å². The van der Waals surface area contributed by atoms with Crippen LogP contribution >= 0.6 is 15.9 Å². The lowest BCUT2D eigenvalue weighted by molar-refractivity contribution is -0.119. The third-order valence-corrected chi connectivity index (χ3v) is 4.33. The number of nitrogens with two attached hydrogens (primary N) is 1. The quantitative estimate of drug-likeness (QED) is 0.923. The minimum atomic E-state index is -0.523. The van der Waals surface area contributed by atoms with Crippen LogP contribution in [0.1, 0.15) is 23.6 Å². The van der Waals surface area contributed by atoms with Crippen molar-refractivity contribution in [3.63, 3.8) is 0 Å². The van der Waals surface area contributed by atoms with E-state index < -0.39 is 6.04 Å². The topological polar surface area (TPSA) is 46.3 Å². The number of halogens is 1. The molecular weight excluding hydrogens is 328 g/mol. The van der Waals surface area contributed by atoms with Crippen molar-refractivity contribution in [2.45, 2.75) is 18.9 Å². The molecule has 1 aliphatic heterocycles. The van der Waals surface area contributed by atoms with Gasteiger partial charge in [0, 0.05) is 16.6 Å². The standard InChI is InChI=1S/C17H17BrN2O/c18-13-8-9-14-15(11-13)20(17(21)16(14)19)10-4-7-12-5-2-1-3-6-12/h1-3,5-6,8-9,11,16H,4,7,10,19H2. The lowest BCUT2D eigenvalue weighted by atomic mass is 10.1. The summed E-state index contributed by atoms with van der Waals surface area (Å²) in [5, 5.41) is 0. The maximum Gasteiger partial charge on any atom is 0.248 e. The van der Waals surface area contributed by atoms with Gasteiger partial charge in [0.1, 0.15) is 6.04 Å². The fraction of sp³-hybridized carbons (Fsp3) is 0.235. The van der Waals surface area contributed by atoms with E-state index in [2.05, 4.69) is 28.1 Å². The number of amides is 1. The SMILES string of the molecule is NC1C(=O)N(CCCc2ccccc2)c2cc(Br)ccc21. The molecule has 0 spiro atoms. The number of hydrogen-bond donors (Lipinski definition) is 1. The molecule has 1 unspecified atom stereocenters. The van der Waals surface area contributed by atoms with Crippen molar-refractivity contribution in [3.8, 4) is 0 Å². The van der Waals surface area contributed by atoms with Crippen molar-refractivity contribution in [2.24, 2.45) is 5.73 Å². The average Bonchev–Trinajstić information content (AvgIpc) is 2.73. The number of anilines is 1. The summed E-state index contributed by atoms with van der Waals surface area (Å²) in [7, 11) is 0. The van der Waals surface area contributed by atoms with Crippen LogP contribution in [-0.2, 0) is 11.2 Å². The minimum Gasteiger partial charge on any atom is -0.316 e. The molecule has 2 aromatic carbocycles. The molecule has 21 heavy (non-hydrogen) atoms. The van der Waals surface area contributed by atoms with E-state index in [4.69, 9.17) is 5.73 Å². The Bertz CT molecular complexity index is 657. The molecule has 108 valence electrons. The predicted molar refractivity (Wildman–Crippen MR) is 88.2 cm³/mol. The highest BCUT2D eigenvalue weighted by molar-refractivity contribution is 9.10. The first kappa shape index (κ1) is 14.3. The molecule has 2 N–H and O–H groups in total. The maximum atomic E-state index is 12.3. The van der Waals surface area contributed by atoms with Crippen molar-refractivity contribution in [1.82, 2.24) is 0 Å². The van der Waals surface area contributed by atoms with Gasteiger partial charge in [0.15, 0.2) is 0 Å². The fourth-order valence-corrected chi connectivity index (χ4v) is 3.10. The number of aryl methyl sites for hydroxylation is 1. The van der Waals surface area contributed by atoms with Gasteiger partial charge < -0.3 is 10.6 Å². The molecule has 4 heteroatoms. The van der Waals surface area contributed by atoms with Gasteiger partial charge in [-0.05, 0) is 30.5 Å². The van der Waals surface area contributed by atoms with E-state index in [1.165, 1.54) is 5.56 Å². The Balaban J connectivity index is 1.71. The lowest BCUT2D eigenvalue weighted by Crippen LogP contribution is -2.32. The summed E-state index contributed by atoms with van der Waals surface area (Å²) < 4.78 is 0.969. The number of rotatable bonds is 4. The summed E-state index contributed by atoms with van der Waals surface area (Å²) in [4.78, 5) is 14.1. The molecule has 1 amide bonds. The third-order valence-electron chi connectivity index (χ3n) is 3.84. The molecule has 1 aliphatic rings. The summed E-state index contributed by atoms with van der Waals surface area (Å²) >= 11 is 3.46. The van der Waals surface area contributed by atoms with Crippen LogP contribution < -0.4 is 10.6 Å². The van der Waals surface area contributed by atoms with Crippen molar-refractivity contribution >= 4 is 27.5 Å². The first-order valence-corrected chi connectivity index (χ1v) is 7.86. The van der Waals surface area contributed by atoms with E-state index >= 15 is 0 Å². The molecule has 0 fully saturated rings. The summed E-state index contributed by atoms with van der Waals surface area (Å²) in [5.41, 5.74) is 9.16. The van der Waals surface area contributed by atoms with E-state index in [-0.39, 0.29) is 5.91 Å². The van der Waals surface area contributed by atoms with Crippen LogP contribution in [-0.4, -0.2) is 12.5 Å². The van der Waals surface area contributed by atoms with Crippen LogP contribution in [0.15, 0.2) is 53.0 Å². The molecule has 1 heterocycles. The summed E-state index contributed by atoms with van der Waals surface area (Å²) in [6.07, 6.45) is 1.89. The second kappa shape index (κ2) is 6.00. The lowest BCUT2D eigenvalue weighted by Gasteiger charge is -2.17. The van der Waals surface area contributed by atoms with Crippen molar-refractivity contribution in [1.29, 1.82) is 0 Å². The average molecular weight is 345 g/mol. The molecule has 3 nitrogen and oxygen atoms in total. The molecule has 3 rings (SSSR count). The number of fused-ring (bicyclic) bond motifs is 1. The largest absolute Gasteiger partial charge is 0.316 e. The zero-order valence-electron chi connectivity index (χ0n) is 11.6. The summed E-state index contributed by atoms with van der Waals surface area (Å²) in [6, 6.07) is 15.6. The van der Waals surface area contributed by atoms with E-state index in [1.54, 1.807) is 0 Å². The van der Waals surface area contributed by atoms with Crippen molar-refractivity contribution < 1.29 is 4.79 Å². The Labute approximate surface area is 132 Å². The molecular formula is C17H17BrN2O. The first-order chi connectivity index (χ1) is 10.2. The normalized spacial score (nSPS) is 17.1. The molecule has 0 aliphatic carbocycles. The second-order valence-corrected chi connectivity index (χ2v) is 6.18.